The summed E-state index contributed by atoms with van der Waals surface area (Å²) in [5, 5.41) is 4.68. The predicted molar refractivity (Wildman–Crippen MR) is 114 cm³/mol. The van der Waals surface area contributed by atoms with E-state index in [4.69, 9.17) is 17.3 Å². The fraction of sp³-hybridized carbons (Fsp3) is 0.350. The van der Waals surface area contributed by atoms with Crippen LogP contribution in [0.25, 0.3) is 16.8 Å². The lowest BCUT2D eigenvalue weighted by atomic mass is 9.94. The Morgan fingerprint density at radius 2 is 2.03 bits per heavy atom. The van der Waals surface area contributed by atoms with Crippen LogP contribution in [-0.2, 0) is 9.59 Å². The number of nitrogen functional groups attached to an aromatic ring is 1. The van der Waals surface area contributed by atoms with Crippen molar-refractivity contribution in [2.75, 3.05) is 17.2 Å². The van der Waals surface area contributed by atoms with E-state index < -0.39 is 5.54 Å². The second-order valence-electron chi connectivity index (χ2n) is 7.93. The minimum atomic E-state index is -0.957. The molecule has 1 saturated heterocycles. The Bertz CT molecular complexity index is 1170. The summed E-state index contributed by atoms with van der Waals surface area (Å²) in [5.41, 5.74) is 7.53. The van der Waals surface area contributed by atoms with Crippen LogP contribution in [0.1, 0.15) is 27.7 Å². The molecule has 2 N–H and O–H groups in total. The second kappa shape index (κ2) is 6.94. The van der Waals surface area contributed by atoms with Crippen molar-refractivity contribution >= 4 is 40.4 Å². The van der Waals surface area contributed by atoms with Gasteiger partial charge in [0, 0.05) is 25.2 Å². The fourth-order valence-corrected chi connectivity index (χ4v) is 4.29. The molecule has 9 nitrogen and oxygen atoms in total. The summed E-state index contributed by atoms with van der Waals surface area (Å²) >= 11 is 6.35. The van der Waals surface area contributed by atoms with Gasteiger partial charge in [-0.2, -0.15) is 5.10 Å². The molecule has 1 atom stereocenters. The summed E-state index contributed by atoms with van der Waals surface area (Å²) in [6.07, 6.45) is 4.67. The van der Waals surface area contributed by atoms with Gasteiger partial charge in [0.25, 0.3) is 5.91 Å². The quantitative estimate of drug-likeness (QED) is 0.672. The average molecular weight is 428 g/mol. The Hall–Kier alpha value is -3.20. The SMILES string of the molecule is CC(=O)N1C[C@H](C)N(c2cncc(-c3cc(Cl)c4c(N)ncnn34)c2)C(=O)C1(C)C. The zero-order valence-corrected chi connectivity index (χ0v) is 17.9. The van der Waals surface area contributed by atoms with Crippen molar-refractivity contribution in [3.8, 4) is 11.3 Å². The highest BCUT2D eigenvalue weighted by molar-refractivity contribution is 6.35. The second-order valence-corrected chi connectivity index (χ2v) is 8.34. The van der Waals surface area contributed by atoms with E-state index in [-0.39, 0.29) is 23.7 Å². The first-order valence-corrected chi connectivity index (χ1v) is 9.85. The van der Waals surface area contributed by atoms with E-state index in [2.05, 4.69) is 15.1 Å². The lowest BCUT2D eigenvalue weighted by molar-refractivity contribution is -0.146. The largest absolute Gasteiger partial charge is 0.382 e. The van der Waals surface area contributed by atoms with Gasteiger partial charge in [0.15, 0.2) is 5.82 Å². The molecule has 30 heavy (non-hydrogen) atoms. The van der Waals surface area contributed by atoms with Crippen molar-refractivity contribution < 1.29 is 9.59 Å². The number of amides is 2. The first-order chi connectivity index (χ1) is 14.1. The maximum Gasteiger partial charge on any atom is 0.252 e. The number of halogens is 1. The van der Waals surface area contributed by atoms with Crippen molar-refractivity contribution in [3.05, 3.63) is 35.9 Å². The van der Waals surface area contributed by atoms with Crippen LogP contribution in [0.3, 0.4) is 0 Å². The standard InChI is InChI=1S/C20H22ClN7O2/c1-11-9-26(12(2)29)20(3,4)19(30)27(11)14-5-13(7-23-8-14)16-6-15(21)17-18(22)24-10-25-28(16)17/h5-8,10-11H,9H2,1-4H3,(H2,22,24,25)/t11-/m0/s1. The first kappa shape index (κ1) is 20.1. The zero-order chi connectivity index (χ0) is 21.8. The molecule has 0 radical (unpaired) electrons. The van der Waals surface area contributed by atoms with Crippen molar-refractivity contribution in [3.63, 3.8) is 0 Å². The molecule has 3 aromatic rings. The van der Waals surface area contributed by atoms with Gasteiger partial charge in [0.05, 0.1) is 28.6 Å². The highest BCUT2D eigenvalue weighted by Gasteiger charge is 2.46. The monoisotopic (exact) mass is 427 g/mol. The molecule has 0 aliphatic carbocycles. The van der Waals surface area contributed by atoms with E-state index in [9.17, 15) is 9.59 Å². The Morgan fingerprint density at radius 1 is 1.30 bits per heavy atom. The summed E-state index contributed by atoms with van der Waals surface area (Å²) in [4.78, 5) is 37.0. The summed E-state index contributed by atoms with van der Waals surface area (Å²) in [7, 11) is 0. The number of aromatic nitrogens is 4. The van der Waals surface area contributed by atoms with Gasteiger partial charge in [-0.15, -0.1) is 0 Å². The van der Waals surface area contributed by atoms with E-state index >= 15 is 0 Å². The lowest BCUT2D eigenvalue weighted by Crippen LogP contribution is -2.67. The minimum absolute atomic E-state index is 0.127. The van der Waals surface area contributed by atoms with Crippen molar-refractivity contribution in [1.29, 1.82) is 0 Å². The van der Waals surface area contributed by atoms with Gasteiger partial charge in [-0.05, 0) is 32.9 Å². The van der Waals surface area contributed by atoms with Crippen LogP contribution in [0, 0.1) is 0 Å². The number of anilines is 2. The molecule has 1 aliphatic rings. The van der Waals surface area contributed by atoms with Gasteiger partial charge in [-0.3, -0.25) is 14.6 Å². The number of nitrogens with two attached hydrogens (primary N) is 1. The van der Waals surface area contributed by atoms with Gasteiger partial charge in [0.1, 0.15) is 17.4 Å². The Kier molecular flexibility index (Phi) is 4.65. The Morgan fingerprint density at radius 3 is 2.73 bits per heavy atom. The molecule has 0 spiro atoms. The molecular weight excluding hydrogens is 406 g/mol. The highest BCUT2D eigenvalue weighted by Crippen LogP contribution is 2.34. The smallest absolute Gasteiger partial charge is 0.252 e. The van der Waals surface area contributed by atoms with E-state index in [0.29, 0.717) is 28.5 Å². The molecule has 3 aromatic heterocycles. The number of pyridine rings is 1. The Labute approximate surface area is 178 Å². The number of carbonyl (C=O) groups excluding carboxylic acids is 2. The third kappa shape index (κ3) is 2.97. The first-order valence-electron chi connectivity index (χ1n) is 9.48. The van der Waals surface area contributed by atoms with Gasteiger partial charge in [0.2, 0.25) is 5.91 Å². The highest BCUT2D eigenvalue weighted by atomic mass is 35.5. The molecule has 1 fully saturated rings. The number of rotatable bonds is 2. The molecule has 4 rings (SSSR count). The topological polar surface area (TPSA) is 110 Å². The maximum atomic E-state index is 13.3. The van der Waals surface area contributed by atoms with Gasteiger partial charge in [-0.25, -0.2) is 9.50 Å². The Balaban J connectivity index is 1.79. The van der Waals surface area contributed by atoms with Crippen molar-refractivity contribution in [2.45, 2.75) is 39.3 Å². The third-order valence-electron chi connectivity index (χ3n) is 5.52. The van der Waals surface area contributed by atoms with Crippen LogP contribution in [0.15, 0.2) is 30.9 Å². The summed E-state index contributed by atoms with van der Waals surface area (Å²) < 4.78 is 1.61. The van der Waals surface area contributed by atoms with E-state index in [1.165, 1.54) is 13.3 Å². The molecule has 156 valence electrons. The molecule has 0 unspecified atom stereocenters. The van der Waals surface area contributed by atoms with Gasteiger partial charge in [-0.1, -0.05) is 11.6 Å². The molecular formula is C20H22ClN7O2. The normalized spacial score (nSPS) is 18.8. The molecule has 0 bridgehead atoms. The van der Waals surface area contributed by atoms with E-state index in [1.54, 1.807) is 46.6 Å². The predicted octanol–water partition coefficient (Wildman–Crippen LogP) is 2.39. The molecule has 0 saturated carbocycles. The summed E-state index contributed by atoms with van der Waals surface area (Å²) in [5.74, 6) is -0.0189. The van der Waals surface area contributed by atoms with Gasteiger partial charge < -0.3 is 15.5 Å². The number of piperazine rings is 1. The number of carbonyl (C=O) groups is 2. The van der Waals surface area contributed by atoms with Crippen LogP contribution in [-0.4, -0.2) is 54.4 Å². The molecule has 10 heteroatoms. The number of hydrogen-bond acceptors (Lipinski definition) is 6. The van der Waals surface area contributed by atoms with E-state index in [0.717, 1.165) is 5.56 Å². The minimum Gasteiger partial charge on any atom is -0.382 e. The third-order valence-corrected chi connectivity index (χ3v) is 5.81. The number of nitrogens with zero attached hydrogens (tertiary/aromatic N) is 6. The number of hydrogen-bond donors (Lipinski definition) is 1. The lowest BCUT2D eigenvalue weighted by Gasteiger charge is -2.48. The number of fused-ring (bicyclic) bond motifs is 1. The van der Waals surface area contributed by atoms with Crippen LogP contribution in [0.2, 0.25) is 5.02 Å². The summed E-state index contributed by atoms with van der Waals surface area (Å²) in [6.45, 7) is 7.34. The summed E-state index contributed by atoms with van der Waals surface area (Å²) in [6, 6.07) is 3.39. The van der Waals surface area contributed by atoms with Crippen LogP contribution >= 0.6 is 11.6 Å². The van der Waals surface area contributed by atoms with Crippen LogP contribution in [0.5, 0.6) is 0 Å². The fourth-order valence-electron chi connectivity index (χ4n) is 4.01. The van der Waals surface area contributed by atoms with E-state index in [1.807, 2.05) is 13.0 Å². The molecule has 1 aliphatic heterocycles. The van der Waals surface area contributed by atoms with Gasteiger partial charge >= 0.3 is 0 Å². The van der Waals surface area contributed by atoms with Crippen LogP contribution in [0.4, 0.5) is 11.5 Å². The molecule has 0 aromatic carbocycles. The average Bonchev–Trinajstić information content (AvgIpc) is 3.03. The van der Waals surface area contributed by atoms with Crippen molar-refractivity contribution in [1.82, 2.24) is 24.5 Å². The molecule has 4 heterocycles. The van der Waals surface area contributed by atoms with Crippen molar-refractivity contribution in [2.24, 2.45) is 0 Å². The van der Waals surface area contributed by atoms with Crippen LogP contribution < -0.4 is 10.6 Å². The zero-order valence-electron chi connectivity index (χ0n) is 17.1. The maximum absolute atomic E-state index is 13.3. The molecule has 2 amide bonds.